The van der Waals surface area contributed by atoms with E-state index in [-0.39, 0.29) is 17.6 Å². The Hall–Kier alpha value is -1.71. The Labute approximate surface area is 126 Å². The SMILES string of the molecule is CC1(C)C(O)CC1NC(c1ccccc1)c1ccccn1. The molecule has 0 spiro atoms. The van der Waals surface area contributed by atoms with Gasteiger partial charge in [0.15, 0.2) is 0 Å². The Bertz CT molecular complexity index is 543. The van der Waals surface area contributed by atoms with Gasteiger partial charge in [-0.05, 0) is 24.1 Å². The van der Waals surface area contributed by atoms with Gasteiger partial charge < -0.3 is 10.4 Å². The minimum absolute atomic E-state index is 0.0594. The summed E-state index contributed by atoms with van der Waals surface area (Å²) >= 11 is 0. The summed E-state index contributed by atoms with van der Waals surface area (Å²) < 4.78 is 0. The molecule has 0 radical (unpaired) electrons. The number of rotatable bonds is 4. The first-order chi connectivity index (χ1) is 10.1. The summed E-state index contributed by atoms with van der Waals surface area (Å²) in [4.78, 5) is 4.51. The number of aromatic nitrogens is 1. The zero-order valence-corrected chi connectivity index (χ0v) is 12.5. The predicted molar refractivity (Wildman–Crippen MR) is 83.9 cm³/mol. The normalized spacial score (nSPS) is 25.1. The van der Waals surface area contributed by atoms with Crippen LogP contribution in [-0.2, 0) is 0 Å². The summed E-state index contributed by atoms with van der Waals surface area (Å²) in [5.41, 5.74) is 2.12. The van der Waals surface area contributed by atoms with Gasteiger partial charge in [0.1, 0.15) is 0 Å². The molecule has 1 aliphatic carbocycles. The smallest absolute Gasteiger partial charge is 0.0753 e. The fourth-order valence-corrected chi connectivity index (χ4v) is 2.93. The van der Waals surface area contributed by atoms with Crippen molar-refractivity contribution in [3.05, 3.63) is 66.0 Å². The van der Waals surface area contributed by atoms with Crippen LogP contribution in [0.1, 0.15) is 37.6 Å². The Morgan fingerprint density at radius 3 is 2.43 bits per heavy atom. The van der Waals surface area contributed by atoms with E-state index < -0.39 is 0 Å². The van der Waals surface area contributed by atoms with Crippen molar-refractivity contribution in [1.82, 2.24) is 10.3 Å². The molecule has 3 unspecified atom stereocenters. The topological polar surface area (TPSA) is 45.1 Å². The average Bonchev–Trinajstić information content (AvgIpc) is 2.53. The number of benzene rings is 1. The van der Waals surface area contributed by atoms with Gasteiger partial charge in [-0.2, -0.15) is 0 Å². The van der Waals surface area contributed by atoms with Crippen molar-refractivity contribution < 1.29 is 5.11 Å². The van der Waals surface area contributed by atoms with E-state index >= 15 is 0 Å². The summed E-state index contributed by atoms with van der Waals surface area (Å²) in [6, 6.07) is 16.7. The number of nitrogens with zero attached hydrogens (tertiary/aromatic N) is 1. The second kappa shape index (κ2) is 5.58. The number of hydrogen-bond donors (Lipinski definition) is 2. The van der Waals surface area contributed by atoms with Crippen molar-refractivity contribution in [1.29, 1.82) is 0 Å². The number of hydrogen-bond acceptors (Lipinski definition) is 3. The van der Waals surface area contributed by atoms with Crippen molar-refractivity contribution >= 4 is 0 Å². The molecule has 2 aromatic rings. The molecule has 0 amide bonds. The first-order valence-electron chi connectivity index (χ1n) is 7.49. The van der Waals surface area contributed by atoms with Gasteiger partial charge in [0.2, 0.25) is 0 Å². The molecule has 0 saturated heterocycles. The Morgan fingerprint density at radius 2 is 1.86 bits per heavy atom. The fraction of sp³-hybridized carbons (Fsp3) is 0.389. The molecule has 3 rings (SSSR count). The molecule has 3 heteroatoms. The highest BCUT2D eigenvalue weighted by atomic mass is 16.3. The summed E-state index contributed by atoms with van der Waals surface area (Å²) in [7, 11) is 0. The molecule has 1 fully saturated rings. The number of nitrogens with one attached hydrogen (secondary N) is 1. The first kappa shape index (κ1) is 14.2. The third kappa shape index (κ3) is 2.71. The van der Waals surface area contributed by atoms with E-state index in [0.29, 0.717) is 6.04 Å². The van der Waals surface area contributed by atoms with E-state index in [4.69, 9.17) is 0 Å². The standard InChI is InChI=1S/C18H22N2O/c1-18(2)15(12-16(18)21)20-17(13-8-4-3-5-9-13)14-10-6-7-11-19-14/h3-11,15-17,20-21H,12H2,1-2H3. The molecule has 1 heterocycles. The van der Waals surface area contributed by atoms with E-state index in [1.54, 1.807) is 0 Å². The average molecular weight is 282 g/mol. The number of aliphatic hydroxyl groups excluding tert-OH is 1. The molecule has 0 aliphatic heterocycles. The summed E-state index contributed by atoms with van der Waals surface area (Å²) in [6.07, 6.45) is 2.40. The number of aliphatic hydroxyl groups is 1. The van der Waals surface area contributed by atoms with Crippen LogP contribution in [0.4, 0.5) is 0 Å². The molecule has 110 valence electrons. The fourth-order valence-electron chi connectivity index (χ4n) is 2.93. The Kier molecular flexibility index (Phi) is 3.79. The van der Waals surface area contributed by atoms with Gasteiger partial charge in [-0.25, -0.2) is 0 Å². The van der Waals surface area contributed by atoms with Gasteiger partial charge in [-0.15, -0.1) is 0 Å². The maximum atomic E-state index is 9.94. The molecule has 1 aromatic heterocycles. The highest BCUT2D eigenvalue weighted by Gasteiger charge is 2.48. The zero-order valence-electron chi connectivity index (χ0n) is 12.5. The quantitative estimate of drug-likeness (QED) is 0.906. The molecule has 1 aromatic carbocycles. The largest absolute Gasteiger partial charge is 0.392 e. The summed E-state index contributed by atoms with van der Waals surface area (Å²) in [5.74, 6) is 0. The minimum Gasteiger partial charge on any atom is -0.392 e. The van der Waals surface area contributed by atoms with E-state index in [1.807, 2.05) is 42.6 Å². The molecule has 3 atom stereocenters. The van der Waals surface area contributed by atoms with Crippen LogP contribution >= 0.6 is 0 Å². The zero-order chi connectivity index (χ0) is 14.9. The molecule has 0 bridgehead atoms. The van der Waals surface area contributed by atoms with Crippen LogP contribution in [0.25, 0.3) is 0 Å². The van der Waals surface area contributed by atoms with E-state index in [9.17, 15) is 5.11 Å². The van der Waals surface area contributed by atoms with Crippen molar-refractivity contribution in [3.63, 3.8) is 0 Å². The monoisotopic (exact) mass is 282 g/mol. The van der Waals surface area contributed by atoms with Gasteiger partial charge in [0, 0.05) is 17.7 Å². The summed E-state index contributed by atoms with van der Waals surface area (Å²) in [6.45, 7) is 4.22. The Balaban J connectivity index is 1.88. The van der Waals surface area contributed by atoms with E-state index in [1.165, 1.54) is 5.56 Å². The maximum absolute atomic E-state index is 9.94. The van der Waals surface area contributed by atoms with Crippen LogP contribution < -0.4 is 5.32 Å². The predicted octanol–water partition coefficient (Wildman–Crippen LogP) is 2.92. The molecular weight excluding hydrogens is 260 g/mol. The van der Waals surface area contributed by atoms with Gasteiger partial charge in [0.05, 0.1) is 17.8 Å². The molecule has 21 heavy (non-hydrogen) atoms. The molecule has 2 N–H and O–H groups in total. The minimum atomic E-state index is -0.227. The van der Waals surface area contributed by atoms with Crippen molar-refractivity contribution in [2.75, 3.05) is 0 Å². The second-order valence-corrected chi connectivity index (χ2v) is 6.39. The van der Waals surface area contributed by atoms with Crippen LogP contribution in [0, 0.1) is 5.41 Å². The highest BCUT2D eigenvalue weighted by Crippen LogP contribution is 2.42. The molecular formula is C18H22N2O. The lowest BCUT2D eigenvalue weighted by atomic mass is 9.64. The van der Waals surface area contributed by atoms with Crippen LogP contribution in [0.3, 0.4) is 0 Å². The van der Waals surface area contributed by atoms with Crippen molar-refractivity contribution in [2.45, 2.75) is 38.5 Å². The van der Waals surface area contributed by atoms with Gasteiger partial charge in [0.25, 0.3) is 0 Å². The van der Waals surface area contributed by atoms with Gasteiger partial charge >= 0.3 is 0 Å². The third-order valence-corrected chi connectivity index (χ3v) is 4.70. The maximum Gasteiger partial charge on any atom is 0.0753 e. The third-order valence-electron chi connectivity index (χ3n) is 4.70. The highest BCUT2D eigenvalue weighted by molar-refractivity contribution is 5.28. The van der Waals surface area contributed by atoms with Crippen molar-refractivity contribution in [3.8, 4) is 0 Å². The lowest BCUT2D eigenvalue weighted by Gasteiger charge is -2.50. The Morgan fingerprint density at radius 1 is 1.14 bits per heavy atom. The van der Waals surface area contributed by atoms with Crippen LogP contribution in [0.2, 0.25) is 0 Å². The molecule has 1 saturated carbocycles. The lowest BCUT2D eigenvalue weighted by molar-refractivity contribution is -0.0749. The number of pyridine rings is 1. The van der Waals surface area contributed by atoms with Crippen LogP contribution in [0.5, 0.6) is 0 Å². The summed E-state index contributed by atoms with van der Waals surface area (Å²) in [5, 5.41) is 13.6. The van der Waals surface area contributed by atoms with E-state index in [0.717, 1.165) is 12.1 Å². The lowest BCUT2D eigenvalue weighted by Crippen LogP contribution is -2.60. The van der Waals surface area contributed by atoms with Gasteiger partial charge in [-0.3, -0.25) is 4.98 Å². The van der Waals surface area contributed by atoms with Gasteiger partial charge in [-0.1, -0.05) is 50.2 Å². The second-order valence-electron chi connectivity index (χ2n) is 6.39. The van der Waals surface area contributed by atoms with Crippen molar-refractivity contribution in [2.24, 2.45) is 5.41 Å². The molecule has 3 nitrogen and oxygen atoms in total. The van der Waals surface area contributed by atoms with E-state index in [2.05, 4.69) is 36.3 Å². The molecule has 1 aliphatic rings. The first-order valence-corrected chi connectivity index (χ1v) is 7.49. The van der Waals surface area contributed by atoms with Crippen LogP contribution in [-0.4, -0.2) is 22.2 Å². The van der Waals surface area contributed by atoms with Crippen LogP contribution in [0.15, 0.2) is 54.7 Å².